The van der Waals surface area contributed by atoms with Crippen LogP contribution >= 0.6 is 0 Å². The zero-order valence-electron chi connectivity index (χ0n) is 26.3. The Morgan fingerprint density at radius 3 is 1.27 bits per heavy atom. The molecule has 0 saturated heterocycles. The summed E-state index contributed by atoms with van der Waals surface area (Å²) in [5.41, 5.74) is 10.5. The Morgan fingerprint density at radius 1 is 0.408 bits per heavy atom. The van der Waals surface area contributed by atoms with E-state index in [1.54, 1.807) is 0 Å². The summed E-state index contributed by atoms with van der Waals surface area (Å²) in [4.78, 5) is 4.50. The summed E-state index contributed by atoms with van der Waals surface area (Å²) < 4.78 is 2.39. The van der Waals surface area contributed by atoms with Gasteiger partial charge in [0, 0.05) is 44.3 Å². The molecule has 0 spiro atoms. The van der Waals surface area contributed by atoms with E-state index in [1.807, 2.05) is 72.8 Å². The standard InChI is InChI=1S/C44H27N5/c45-28-30-12-7-18-34(26-30)47(32-14-3-1-4-15-32)38-22-10-24-40-42(38)36-20-9-21-37-43-39(23-11-25-41(43)49(40)44(36)37)48(33-16-5-2-6-17-33)35-19-8-13-31(27-35)29-46/h1-27H. The van der Waals surface area contributed by atoms with Crippen molar-refractivity contribution in [2.75, 3.05) is 9.80 Å². The Bertz CT molecular complexity index is 2570. The minimum Gasteiger partial charge on any atom is -0.310 e. The number of fused-ring (bicyclic) bond motifs is 6. The van der Waals surface area contributed by atoms with Crippen molar-refractivity contribution in [3.8, 4) is 12.1 Å². The average Bonchev–Trinajstić information content (AvgIpc) is 3.70. The first-order chi connectivity index (χ1) is 24.2. The summed E-state index contributed by atoms with van der Waals surface area (Å²) in [7, 11) is 0. The van der Waals surface area contributed by atoms with Crippen molar-refractivity contribution in [2.45, 2.75) is 0 Å². The van der Waals surface area contributed by atoms with Gasteiger partial charge >= 0.3 is 0 Å². The van der Waals surface area contributed by atoms with Crippen LogP contribution in [0.1, 0.15) is 11.1 Å². The molecule has 5 heteroatoms. The molecule has 9 rings (SSSR count). The van der Waals surface area contributed by atoms with Gasteiger partial charge in [-0.1, -0.05) is 78.9 Å². The molecule has 228 valence electrons. The number of hydrogen-bond acceptors (Lipinski definition) is 4. The van der Waals surface area contributed by atoms with Gasteiger partial charge in [0.15, 0.2) is 0 Å². The fraction of sp³-hybridized carbons (Fsp3) is 0. The van der Waals surface area contributed by atoms with Crippen LogP contribution in [-0.2, 0) is 0 Å². The molecule has 0 aliphatic rings. The van der Waals surface area contributed by atoms with E-state index in [1.165, 1.54) is 0 Å². The van der Waals surface area contributed by atoms with Crippen LogP contribution in [0.25, 0.3) is 38.1 Å². The highest BCUT2D eigenvalue weighted by molar-refractivity contribution is 6.28. The van der Waals surface area contributed by atoms with Gasteiger partial charge in [0.1, 0.15) is 0 Å². The first-order valence-corrected chi connectivity index (χ1v) is 16.2. The van der Waals surface area contributed by atoms with E-state index in [-0.39, 0.29) is 0 Å². The number of anilines is 6. The molecule has 0 aliphatic carbocycles. The largest absolute Gasteiger partial charge is 0.310 e. The fourth-order valence-corrected chi connectivity index (χ4v) is 7.35. The molecule has 0 radical (unpaired) electrons. The zero-order valence-corrected chi connectivity index (χ0v) is 26.3. The van der Waals surface area contributed by atoms with Crippen molar-refractivity contribution in [2.24, 2.45) is 0 Å². The number of nitrogens with zero attached hydrogens (tertiary/aromatic N) is 5. The molecule has 0 unspecified atom stereocenters. The second-order valence-electron chi connectivity index (χ2n) is 12.0. The summed E-state index contributed by atoms with van der Waals surface area (Å²) in [5, 5.41) is 24.1. The third kappa shape index (κ3) is 4.38. The molecular weight excluding hydrogens is 599 g/mol. The first kappa shape index (κ1) is 28.2. The predicted octanol–water partition coefficient (Wildman–Crippen LogP) is 11.5. The molecule has 0 fully saturated rings. The Morgan fingerprint density at radius 2 is 0.816 bits per heavy atom. The number of nitriles is 2. The molecule has 0 N–H and O–H groups in total. The van der Waals surface area contributed by atoms with Gasteiger partial charge in [-0.05, 0) is 84.9 Å². The molecule has 7 aromatic carbocycles. The molecule has 0 saturated carbocycles. The van der Waals surface area contributed by atoms with Crippen molar-refractivity contribution >= 4 is 72.2 Å². The van der Waals surface area contributed by atoms with Crippen molar-refractivity contribution in [3.63, 3.8) is 0 Å². The van der Waals surface area contributed by atoms with Crippen LogP contribution in [0.3, 0.4) is 0 Å². The number of para-hydroxylation sites is 3. The predicted molar refractivity (Wildman–Crippen MR) is 200 cm³/mol. The second kappa shape index (κ2) is 11.3. The summed E-state index contributed by atoms with van der Waals surface area (Å²) >= 11 is 0. The van der Waals surface area contributed by atoms with E-state index < -0.39 is 0 Å². The lowest BCUT2D eigenvalue weighted by atomic mass is 10.0. The van der Waals surface area contributed by atoms with E-state index in [0.29, 0.717) is 11.1 Å². The first-order valence-electron chi connectivity index (χ1n) is 16.2. The normalized spacial score (nSPS) is 11.2. The fourth-order valence-electron chi connectivity index (χ4n) is 7.35. The van der Waals surface area contributed by atoms with Crippen LogP contribution in [0.2, 0.25) is 0 Å². The topological polar surface area (TPSA) is 58.5 Å². The molecule has 5 nitrogen and oxygen atoms in total. The monoisotopic (exact) mass is 625 g/mol. The lowest BCUT2D eigenvalue weighted by Gasteiger charge is -2.27. The highest BCUT2D eigenvalue weighted by Gasteiger charge is 2.25. The second-order valence-corrected chi connectivity index (χ2v) is 12.0. The van der Waals surface area contributed by atoms with E-state index in [4.69, 9.17) is 0 Å². The van der Waals surface area contributed by atoms with Crippen LogP contribution in [0, 0.1) is 22.7 Å². The summed E-state index contributed by atoms with van der Waals surface area (Å²) in [5.74, 6) is 0. The number of rotatable bonds is 6. The van der Waals surface area contributed by atoms with Gasteiger partial charge in [0.2, 0.25) is 0 Å². The van der Waals surface area contributed by atoms with Crippen molar-refractivity contribution < 1.29 is 0 Å². The van der Waals surface area contributed by atoms with Gasteiger partial charge in [0.25, 0.3) is 0 Å². The van der Waals surface area contributed by atoms with Crippen LogP contribution < -0.4 is 9.80 Å². The highest BCUT2D eigenvalue weighted by atomic mass is 15.2. The van der Waals surface area contributed by atoms with Gasteiger partial charge < -0.3 is 14.2 Å². The van der Waals surface area contributed by atoms with E-state index in [9.17, 15) is 10.5 Å². The van der Waals surface area contributed by atoms with E-state index >= 15 is 0 Å². The average molecular weight is 626 g/mol. The Kier molecular flexibility index (Phi) is 6.50. The van der Waals surface area contributed by atoms with Crippen LogP contribution in [0.15, 0.2) is 164 Å². The van der Waals surface area contributed by atoms with Gasteiger partial charge in [-0.2, -0.15) is 10.5 Å². The maximum Gasteiger partial charge on any atom is 0.0992 e. The third-order valence-corrected chi connectivity index (χ3v) is 9.30. The summed E-state index contributed by atoms with van der Waals surface area (Å²) in [6.07, 6.45) is 0. The zero-order chi connectivity index (χ0) is 32.9. The molecule has 2 aromatic heterocycles. The smallest absolute Gasteiger partial charge is 0.0992 e. The Balaban J connectivity index is 1.36. The number of benzene rings is 7. The van der Waals surface area contributed by atoms with Crippen LogP contribution in [0.4, 0.5) is 34.1 Å². The maximum absolute atomic E-state index is 9.78. The Hall–Kier alpha value is -7.08. The minimum atomic E-state index is 0.612. The number of aromatic nitrogens is 1. The van der Waals surface area contributed by atoms with Crippen molar-refractivity contribution in [3.05, 3.63) is 175 Å². The summed E-state index contributed by atoms with van der Waals surface area (Å²) in [6.45, 7) is 0. The van der Waals surface area contributed by atoms with E-state index in [2.05, 4.69) is 117 Å². The minimum absolute atomic E-state index is 0.612. The van der Waals surface area contributed by atoms with Crippen molar-refractivity contribution in [1.29, 1.82) is 10.5 Å². The molecule has 2 heterocycles. The highest BCUT2D eigenvalue weighted by Crippen LogP contribution is 2.49. The van der Waals surface area contributed by atoms with Crippen molar-refractivity contribution in [1.82, 2.24) is 4.40 Å². The lowest BCUT2D eigenvalue weighted by molar-refractivity contribution is 1.28. The number of hydrogen-bond donors (Lipinski definition) is 0. The van der Waals surface area contributed by atoms with Crippen LogP contribution in [0.5, 0.6) is 0 Å². The molecule has 49 heavy (non-hydrogen) atoms. The Labute approximate surface area is 283 Å². The third-order valence-electron chi connectivity index (χ3n) is 9.30. The molecule has 0 aliphatic heterocycles. The maximum atomic E-state index is 9.78. The van der Waals surface area contributed by atoms with Gasteiger partial charge in [-0.3, -0.25) is 0 Å². The molecule has 0 amide bonds. The van der Waals surface area contributed by atoms with Gasteiger partial charge in [-0.15, -0.1) is 0 Å². The van der Waals surface area contributed by atoms with Gasteiger partial charge in [-0.25, -0.2) is 0 Å². The quantitative estimate of drug-likeness (QED) is 0.184. The molecular formula is C44H27N5. The summed E-state index contributed by atoms with van der Waals surface area (Å²) in [6, 6.07) is 60.4. The van der Waals surface area contributed by atoms with Crippen LogP contribution in [-0.4, -0.2) is 4.40 Å². The van der Waals surface area contributed by atoms with Gasteiger partial charge in [0.05, 0.1) is 51.2 Å². The molecule has 9 aromatic rings. The molecule has 0 bridgehead atoms. The lowest BCUT2D eigenvalue weighted by Crippen LogP contribution is -2.10. The SMILES string of the molecule is N#Cc1cccc(N(c2ccccc2)c2cccc3c2c2cccc4c5c(N(c6ccccc6)c6cccc(C#N)c6)cccc5n3c24)c1. The molecule has 0 atom stereocenters. The van der Waals surface area contributed by atoms with E-state index in [0.717, 1.165) is 72.2 Å².